The Morgan fingerprint density at radius 2 is 2.10 bits per heavy atom. The van der Waals surface area contributed by atoms with Crippen molar-refractivity contribution >= 4 is 5.78 Å². The van der Waals surface area contributed by atoms with Crippen molar-refractivity contribution in [3.8, 4) is 0 Å². The van der Waals surface area contributed by atoms with Crippen LogP contribution in [-0.4, -0.2) is 31.3 Å². The number of carbonyl (C=O) groups excluding carboxylic acids is 1. The average molecular weight is 286 g/mol. The zero-order valence-corrected chi connectivity index (χ0v) is 10.9. The van der Waals surface area contributed by atoms with Gasteiger partial charge in [0.05, 0.1) is 6.54 Å². The van der Waals surface area contributed by atoms with Crippen LogP contribution in [0, 0.1) is 0 Å². The van der Waals surface area contributed by atoms with E-state index in [9.17, 15) is 18.0 Å². The number of halogens is 3. The molecule has 0 saturated carbocycles. The molecule has 2 aromatic heterocycles. The van der Waals surface area contributed by atoms with E-state index >= 15 is 0 Å². The molecule has 0 unspecified atom stereocenters. The molecule has 0 spiro atoms. The fraction of sp³-hybridized carbons (Fsp3) is 0.417. The van der Waals surface area contributed by atoms with E-state index in [1.54, 1.807) is 4.68 Å². The summed E-state index contributed by atoms with van der Waals surface area (Å²) in [5, 5.41) is 4.04. The fourth-order valence-corrected chi connectivity index (χ4v) is 1.82. The van der Waals surface area contributed by atoms with Gasteiger partial charge >= 0.3 is 6.18 Å². The Bertz CT molecular complexity index is 612. The normalized spacial score (nSPS) is 12.1. The molecule has 108 valence electrons. The van der Waals surface area contributed by atoms with E-state index in [1.165, 1.54) is 17.1 Å². The molecule has 5 nitrogen and oxygen atoms in total. The van der Waals surface area contributed by atoms with Crippen molar-refractivity contribution in [3.05, 3.63) is 36.2 Å². The molecular formula is C12H13F3N4O. The maximum Gasteiger partial charge on any atom is 0.454 e. The van der Waals surface area contributed by atoms with E-state index in [-0.39, 0.29) is 18.2 Å². The molecule has 8 heteroatoms. The zero-order chi connectivity index (χ0) is 14.9. The predicted octanol–water partition coefficient (Wildman–Crippen LogP) is 2.45. The highest BCUT2D eigenvalue weighted by Crippen LogP contribution is 2.21. The topological polar surface area (TPSA) is 52.7 Å². The van der Waals surface area contributed by atoms with Gasteiger partial charge < -0.3 is 4.57 Å². The molecule has 2 heterocycles. The largest absolute Gasteiger partial charge is 0.454 e. The SMILES string of the molecule is CC(C)n1ncnc1Cn1ccc(C(=O)C(F)(F)F)c1. The number of ketones is 1. The summed E-state index contributed by atoms with van der Waals surface area (Å²) >= 11 is 0. The van der Waals surface area contributed by atoms with Gasteiger partial charge in [0.1, 0.15) is 12.2 Å². The van der Waals surface area contributed by atoms with E-state index in [0.717, 1.165) is 12.3 Å². The Morgan fingerprint density at radius 1 is 1.40 bits per heavy atom. The smallest absolute Gasteiger partial charge is 0.346 e. The molecular weight excluding hydrogens is 273 g/mol. The highest BCUT2D eigenvalue weighted by Gasteiger charge is 2.39. The summed E-state index contributed by atoms with van der Waals surface area (Å²) in [6.45, 7) is 4.10. The maximum atomic E-state index is 12.3. The van der Waals surface area contributed by atoms with Crippen LogP contribution in [0.25, 0.3) is 0 Å². The van der Waals surface area contributed by atoms with Crippen molar-refractivity contribution in [1.29, 1.82) is 0 Å². The predicted molar refractivity (Wildman–Crippen MR) is 64.3 cm³/mol. The zero-order valence-electron chi connectivity index (χ0n) is 10.9. The quantitative estimate of drug-likeness (QED) is 0.811. The number of carbonyl (C=O) groups is 1. The van der Waals surface area contributed by atoms with Crippen LogP contribution >= 0.6 is 0 Å². The Kier molecular flexibility index (Phi) is 3.65. The van der Waals surface area contributed by atoms with Gasteiger partial charge in [-0.05, 0) is 19.9 Å². The molecule has 0 bridgehead atoms. The Balaban J connectivity index is 2.18. The van der Waals surface area contributed by atoms with Crippen LogP contribution in [0.2, 0.25) is 0 Å². The third kappa shape index (κ3) is 2.89. The second kappa shape index (κ2) is 5.10. The second-order valence-corrected chi connectivity index (χ2v) is 4.61. The van der Waals surface area contributed by atoms with Gasteiger partial charge in [-0.25, -0.2) is 9.67 Å². The molecule has 0 aliphatic carbocycles. The van der Waals surface area contributed by atoms with Crippen molar-refractivity contribution in [2.75, 3.05) is 0 Å². The fourth-order valence-electron chi connectivity index (χ4n) is 1.82. The number of rotatable bonds is 4. The van der Waals surface area contributed by atoms with Gasteiger partial charge in [-0.3, -0.25) is 4.79 Å². The van der Waals surface area contributed by atoms with E-state index in [1.807, 2.05) is 13.8 Å². The Labute approximate surface area is 113 Å². The lowest BCUT2D eigenvalue weighted by Gasteiger charge is -2.09. The van der Waals surface area contributed by atoms with E-state index in [2.05, 4.69) is 10.1 Å². The minimum Gasteiger partial charge on any atom is -0.346 e. The molecule has 2 aromatic rings. The van der Waals surface area contributed by atoms with Crippen molar-refractivity contribution in [2.24, 2.45) is 0 Å². The molecule has 0 atom stereocenters. The van der Waals surface area contributed by atoms with Gasteiger partial charge in [-0.1, -0.05) is 0 Å². The summed E-state index contributed by atoms with van der Waals surface area (Å²) < 4.78 is 40.1. The monoisotopic (exact) mass is 286 g/mol. The number of hydrogen-bond acceptors (Lipinski definition) is 3. The first-order valence-electron chi connectivity index (χ1n) is 5.94. The summed E-state index contributed by atoms with van der Waals surface area (Å²) in [5.74, 6) is -1.23. The average Bonchev–Trinajstić information content (AvgIpc) is 2.96. The van der Waals surface area contributed by atoms with Gasteiger partial charge in [-0.2, -0.15) is 18.3 Å². The molecule has 0 amide bonds. The van der Waals surface area contributed by atoms with Crippen LogP contribution in [0.15, 0.2) is 24.8 Å². The number of nitrogens with zero attached hydrogens (tertiary/aromatic N) is 4. The van der Waals surface area contributed by atoms with Crippen molar-refractivity contribution in [1.82, 2.24) is 19.3 Å². The lowest BCUT2D eigenvalue weighted by atomic mass is 10.2. The third-order valence-corrected chi connectivity index (χ3v) is 2.73. The van der Waals surface area contributed by atoms with Crippen LogP contribution in [-0.2, 0) is 6.54 Å². The molecule has 0 saturated heterocycles. The number of hydrogen-bond donors (Lipinski definition) is 0. The summed E-state index contributed by atoms with van der Waals surface area (Å²) in [5.41, 5.74) is -0.381. The molecule has 0 radical (unpaired) electrons. The first-order valence-corrected chi connectivity index (χ1v) is 5.94. The van der Waals surface area contributed by atoms with E-state index in [0.29, 0.717) is 5.82 Å². The van der Waals surface area contributed by atoms with Gasteiger partial charge in [0, 0.05) is 24.0 Å². The van der Waals surface area contributed by atoms with E-state index in [4.69, 9.17) is 0 Å². The minimum absolute atomic E-state index is 0.0966. The molecule has 0 aliphatic heterocycles. The minimum atomic E-state index is -4.86. The second-order valence-electron chi connectivity index (χ2n) is 4.61. The Morgan fingerprint density at radius 3 is 2.70 bits per heavy atom. The van der Waals surface area contributed by atoms with Crippen molar-refractivity contribution < 1.29 is 18.0 Å². The first-order chi connectivity index (χ1) is 9.29. The molecule has 20 heavy (non-hydrogen) atoms. The highest BCUT2D eigenvalue weighted by molar-refractivity contribution is 6.00. The van der Waals surface area contributed by atoms with Gasteiger partial charge in [0.15, 0.2) is 0 Å². The van der Waals surface area contributed by atoms with E-state index < -0.39 is 12.0 Å². The maximum absolute atomic E-state index is 12.3. The first kappa shape index (κ1) is 14.3. The standard InChI is InChI=1S/C12H13F3N4O/c1-8(2)19-10(16-7-17-19)6-18-4-3-9(5-18)11(20)12(13,14)15/h3-5,7-8H,6H2,1-2H3. The molecule has 2 rings (SSSR count). The van der Waals surface area contributed by atoms with Gasteiger partial charge in [0.2, 0.25) is 0 Å². The summed E-state index contributed by atoms with van der Waals surface area (Å²) in [6.07, 6.45) is -0.891. The summed E-state index contributed by atoms with van der Waals surface area (Å²) in [7, 11) is 0. The summed E-state index contributed by atoms with van der Waals surface area (Å²) in [6, 6.07) is 1.24. The van der Waals surface area contributed by atoms with Crippen LogP contribution in [0.1, 0.15) is 36.1 Å². The van der Waals surface area contributed by atoms with Crippen LogP contribution in [0.4, 0.5) is 13.2 Å². The van der Waals surface area contributed by atoms with Crippen LogP contribution < -0.4 is 0 Å². The lowest BCUT2D eigenvalue weighted by Crippen LogP contribution is -2.22. The highest BCUT2D eigenvalue weighted by atomic mass is 19.4. The van der Waals surface area contributed by atoms with Gasteiger partial charge in [0.25, 0.3) is 5.78 Å². The molecule has 0 fully saturated rings. The summed E-state index contributed by atoms with van der Waals surface area (Å²) in [4.78, 5) is 15.1. The molecule has 0 aromatic carbocycles. The molecule has 0 aliphatic rings. The third-order valence-electron chi connectivity index (χ3n) is 2.73. The van der Waals surface area contributed by atoms with Crippen LogP contribution in [0.5, 0.6) is 0 Å². The number of Topliss-reactive ketones (excluding diaryl/α,β-unsaturated/α-hetero) is 1. The molecule has 0 N–H and O–H groups in total. The van der Waals surface area contributed by atoms with Crippen LogP contribution in [0.3, 0.4) is 0 Å². The van der Waals surface area contributed by atoms with Crippen molar-refractivity contribution in [3.63, 3.8) is 0 Å². The Hall–Kier alpha value is -2.12. The van der Waals surface area contributed by atoms with Crippen molar-refractivity contribution in [2.45, 2.75) is 32.6 Å². The number of aromatic nitrogens is 4. The lowest BCUT2D eigenvalue weighted by molar-refractivity contribution is -0.0885. The van der Waals surface area contributed by atoms with Gasteiger partial charge in [-0.15, -0.1) is 0 Å². The number of alkyl halides is 3.